The molecule has 23 heavy (non-hydrogen) atoms. The summed E-state index contributed by atoms with van der Waals surface area (Å²) in [7, 11) is 2.00. The summed E-state index contributed by atoms with van der Waals surface area (Å²) in [5, 5.41) is 4.77. The third kappa shape index (κ3) is 3.40. The minimum Gasteiger partial charge on any atom is -0.303 e. The standard InChI is InChI=1S/C18H26N4S/c1-18(2,3)15-9-7-14(8-10-15)16-19-22(17(23)20(16)4)13-21-11-5-6-12-21/h7-10H,5-6,11-13H2,1-4H3. The van der Waals surface area contributed by atoms with Crippen LogP contribution >= 0.6 is 12.2 Å². The molecule has 2 aromatic rings. The Hall–Kier alpha value is -1.46. The second-order valence-corrected chi connectivity index (χ2v) is 7.82. The van der Waals surface area contributed by atoms with Crippen molar-refractivity contribution in [2.24, 2.45) is 7.05 Å². The lowest BCUT2D eigenvalue weighted by Crippen LogP contribution is -2.23. The van der Waals surface area contributed by atoms with Gasteiger partial charge in [-0.1, -0.05) is 45.0 Å². The largest absolute Gasteiger partial charge is 0.303 e. The van der Waals surface area contributed by atoms with Crippen molar-refractivity contribution in [3.05, 3.63) is 34.6 Å². The number of hydrogen-bond acceptors (Lipinski definition) is 3. The number of likely N-dealkylation sites (tertiary alicyclic amines) is 1. The Kier molecular flexibility index (Phi) is 4.43. The average molecular weight is 331 g/mol. The van der Waals surface area contributed by atoms with Gasteiger partial charge in [0, 0.05) is 12.6 Å². The summed E-state index contributed by atoms with van der Waals surface area (Å²) >= 11 is 5.57. The van der Waals surface area contributed by atoms with Crippen LogP contribution in [0.4, 0.5) is 0 Å². The molecule has 0 bridgehead atoms. The first-order valence-corrected chi connectivity index (χ1v) is 8.74. The van der Waals surface area contributed by atoms with Gasteiger partial charge in [0.15, 0.2) is 10.6 Å². The van der Waals surface area contributed by atoms with Crippen molar-refractivity contribution in [1.82, 2.24) is 19.2 Å². The van der Waals surface area contributed by atoms with Crippen LogP contribution in [0.5, 0.6) is 0 Å². The highest BCUT2D eigenvalue weighted by molar-refractivity contribution is 7.71. The number of aromatic nitrogens is 3. The van der Waals surface area contributed by atoms with E-state index in [1.165, 1.54) is 18.4 Å². The van der Waals surface area contributed by atoms with Crippen molar-refractivity contribution in [3.63, 3.8) is 0 Å². The Morgan fingerprint density at radius 1 is 1.09 bits per heavy atom. The van der Waals surface area contributed by atoms with Gasteiger partial charge < -0.3 is 4.57 Å². The zero-order chi connectivity index (χ0) is 16.6. The molecule has 4 nitrogen and oxygen atoms in total. The van der Waals surface area contributed by atoms with Crippen molar-refractivity contribution < 1.29 is 0 Å². The summed E-state index contributed by atoms with van der Waals surface area (Å²) in [6, 6.07) is 8.69. The molecule has 0 spiro atoms. The van der Waals surface area contributed by atoms with Gasteiger partial charge in [-0.2, -0.15) is 5.10 Å². The highest BCUT2D eigenvalue weighted by Gasteiger charge is 2.17. The molecule has 1 aromatic heterocycles. The molecule has 1 fully saturated rings. The Bertz CT molecular complexity index is 728. The number of rotatable bonds is 3. The first-order valence-electron chi connectivity index (χ1n) is 8.33. The van der Waals surface area contributed by atoms with Crippen LogP contribution < -0.4 is 0 Å². The van der Waals surface area contributed by atoms with E-state index in [1.807, 2.05) is 16.3 Å². The van der Waals surface area contributed by atoms with E-state index >= 15 is 0 Å². The Morgan fingerprint density at radius 2 is 1.70 bits per heavy atom. The van der Waals surface area contributed by atoms with Gasteiger partial charge in [-0.15, -0.1) is 0 Å². The molecule has 1 saturated heterocycles. The Morgan fingerprint density at radius 3 is 2.26 bits per heavy atom. The summed E-state index contributed by atoms with van der Waals surface area (Å²) in [6.07, 6.45) is 2.56. The van der Waals surface area contributed by atoms with Gasteiger partial charge in [0.05, 0.1) is 6.67 Å². The normalized spacial score (nSPS) is 16.2. The van der Waals surface area contributed by atoms with Crippen LogP contribution in [0.15, 0.2) is 24.3 Å². The van der Waals surface area contributed by atoms with Gasteiger partial charge in [-0.25, -0.2) is 4.68 Å². The second kappa shape index (κ2) is 6.21. The summed E-state index contributed by atoms with van der Waals surface area (Å²) < 4.78 is 4.75. The third-order valence-electron chi connectivity index (χ3n) is 4.58. The van der Waals surface area contributed by atoms with Gasteiger partial charge in [0.2, 0.25) is 0 Å². The smallest absolute Gasteiger partial charge is 0.199 e. The maximum Gasteiger partial charge on any atom is 0.199 e. The van der Waals surface area contributed by atoms with Crippen LogP contribution in [0.25, 0.3) is 11.4 Å². The molecule has 2 heterocycles. The van der Waals surface area contributed by atoms with E-state index in [0.717, 1.165) is 35.9 Å². The van der Waals surface area contributed by atoms with Gasteiger partial charge in [-0.3, -0.25) is 4.90 Å². The second-order valence-electron chi connectivity index (χ2n) is 7.46. The molecule has 0 N–H and O–H groups in total. The molecule has 5 heteroatoms. The van der Waals surface area contributed by atoms with Crippen LogP contribution in [0.1, 0.15) is 39.2 Å². The first-order chi connectivity index (χ1) is 10.9. The lowest BCUT2D eigenvalue weighted by molar-refractivity contribution is 0.253. The zero-order valence-corrected chi connectivity index (χ0v) is 15.4. The molecule has 124 valence electrons. The number of hydrogen-bond donors (Lipinski definition) is 0. The van der Waals surface area contributed by atoms with E-state index < -0.39 is 0 Å². The van der Waals surface area contributed by atoms with Crippen molar-refractivity contribution in [2.75, 3.05) is 13.1 Å². The number of nitrogens with zero attached hydrogens (tertiary/aromatic N) is 4. The lowest BCUT2D eigenvalue weighted by atomic mass is 9.87. The van der Waals surface area contributed by atoms with Crippen LogP contribution in [-0.4, -0.2) is 32.3 Å². The van der Waals surface area contributed by atoms with Crippen molar-refractivity contribution in [3.8, 4) is 11.4 Å². The molecule has 0 atom stereocenters. The Balaban J connectivity index is 1.89. The van der Waals surface area contributed by atoms with E-state index in [2.05, 4.69) is 49.9 Å². The zero-order valence-electron chi connectivity index (χ0n) is 14.5. The molecule has 3 rings (SSSR count). The van der Waals surface area contributed by atoms with Crippen LogP contribution in [0, 0.1) is 4.77 Å². The van der Waals surface area contributed by atoms with E-state index in [0.29, 0.717) is 0 Å². The molecular weight excluding hydrogens is 304 g/mol. The highest BCUT2D eigenvalue weighted by atomic mass is 32.1. The van der Waals surface area contributed by atoms with Gasteiger partial charge in [-0.05, 0) is 49.1 Å². The molecule has 1 aliphatic rings. The summed E-state index contributed by atoms with van der Waals surface area (Å²) in [4.78, 5) is 2.41. The van der Waals surface area contributed by atoms with Gasteiger partial charge in [0.1, 0.15) is 0 Å². The minimum atomic E-state index is 0.166. The van der Waals surface area contributed by atoms with E-state index in [1.54, 1.807) is 0 Å². The fraction of sp³-hybridized carbons (Fsp3) is 0.556. The SMILES string of the molecule is Cn1c(-c2ccc(C(C)(C)C)cc2)nn(CN2CCCC2)c1=S. The molecule has 0 aliphatic carbocycles. The molecule has 1 aromatic carbocycles. The minimum absolute atomic E-state index is 0.166. The van der Waals surface area contributed by atoms with Crippen LogP contribution in [0.2, 0.25) is 0 Å². The maximum atomic E-state index is 5.57. The maximum absolute atomic E-state index is 5.57. The van der Waals surface area contributed by atoms with Crippen molar-refractivity contribution >= 4 is 12.2 Å². The molecule has 0 unspecified atom stereocenters. The van der Waals surface area contributed by atoms with Crippen LogP contribution in [-0.2, 0) is 19.1 Å². The van der Waals surface area contributed by atoms with Crippen molar-refractivity contribution in [1.29, 1.82) is 0 Å². The Labute approximate surface area is 143 Å². The fourth-order valence-electron chi connectivity index (χ4n) is 3.06. The molecule has 0 radical (unpaired) electrons. The monoisotopic (exact) mass is 330 g/mol. The average Bonchev–Trinajstić information content (AvgIpc) is 3.11. The summed E-state index contributed by atoms with van der Waals surface area (Å²) in [6.45, 7) is 9.78. The molecule has 0 amide bonds. The van der Waals surface area contributed by atoms with Crippen molar-refractivity contribution in [2.45, 2.75) is 45.7 Å². The number of benzene rings is 1. The van der Waals surface area contributed by atoms with Crippen LogP contribution in [0.3, 0.4) is 0 Å². The molecular formula is C18H26N4S. The molecule has 0 saturated carbocycles. The predicted molar refractivity (Wildman–Crippen MR) is 97.0 cm³/mol. The fourth-order valence-corrected chi connectivity index (χ4v) is 3.25. The first kappa shape index (κ1) is 16.4. The van der Waals surface area contributed by atoms with Gasteiger partial charge >= 0.3 is 0 Å². The van der Waals surface area contributed by atoms with Gasteiger partial charge in [0.25, 0.3) is 0 Å². The third-order valence-corrected chi connectivity index (χ3v) is 5.07. The molecule has 1 aliphatic heterocycles. The van der Waals surface area contributed by atoms with E-state index in [4.69, 9.17) is 17.3 Å². The lowest BCUT2D eigenvalue weighted by Gasteiger charge is -2.19. The highest BCUT2D eigenvalue weighted by Crippen LogP contribution is 2.25. The quantitative estimate of drug-likeness (QED) is 0.797. The van der Waals surface area contributed by atoms with E-state index in [-0.39, 0.29) is 5.41 Å². The summed E-state index contributed by atoms with van der Waals surface area (Å²) in [5.74, 6) is 0.939. The van der Waals surface area contributed by atoms with E-state index in [9.17, 15) is 0 Å². The topological polar surface area (TPSA) is 26.0 Å². The predicted octanol–water partition coefficient (Wildman–Crippen LogP) is 3.97. The summed E-state index contributed by atoms with van der Waals surface area (Å²) in [5.41, 5.74) is 2.62.